The molecule has 11 nitrogen and oxygen atoms in total. The zero-order valence-electron chi connectivity index (χ0n) is 23.1. The van der Waals surface area contributed by atoms with E-state index in [1.807, 2.05) is 24.1 Å². The van der Waals surface area contributed by atoms with Crippen LogP contribution in [0.5, 0.6) is 11.5 Å². The molecule has 0 radical (unpaired) electrons. The second-order valence-electron chi connectivity index (χ2n) is 9.42. The minimum absolute atomic E-state index is 0.175. The normalized spacial score (nSPS) is 17.6. The van der Waals surface area contributed by atoms with E-state index in [-0.39, 0.29) is 12.0 Å². The number of hydrogen-bond donors (Lipinski definition) is 2. The van der Waals surface area contributed by atoms with Gasteiger partial charge in [-0.15, -0.1) is 0 Å². The van der Waals surface area contributed by atoms with Gasteiger partial charge in [0.05, 0.1) is 57.5 Å². The van der Waals surface area contributed by atoms with Crippen LogP contribution in [0.25, 0.3) is 0 Å². The molecular formula is C28H40N6O5. The summed E-state index contributed by atoms with van der Waals surface area (Å²) in [5.74, 6) is 1.92. The lowest BCUT2D eigenvalue weighted by Crippen LogP contribution is -2.43. The third-order valence-corrected chi connectivity index (χ3v) is 6.86. The first-order valence-electron chi connectivity index (χ1n) is 13.5. The van der Waals surface area contributed by atoms with Crippen molar-refractivity contribution < 1.29 is 23.7 Å². The van der Waals surface area contributed by atoms with Gasteiger partial charge < -0.3 is 34.5 Å². The molecule has 3 heterocycles. The van der Waals surface area contributed by atoms with Crippen LogP contribution < -0.4 is 20.1 Å². The summed E-state index contributed by atoms with van der Waals surface area (Å²) < 4.78 is 23.1. The van der Waals surface area contributed by atoms with Crippen molar-refractivity contribution in [3.05, 3.63) is 47.8 Å². The number of pyridine rings is 1. The quantitative estimate of drug-likeness (QED) is 0.348. The van der Waals surface area contributed by atoms with E-state index < -0.39 is 0 Å². The molecule has 0 bridgehead atoms. The van der Waals surface area contributed by atoms with E-state index in [1.54, 1.807) is 38.7 Å². The van der Waals surface area contributed by atoms with E-state index in [9.17, 15) is 4.79 Å². The molecule has 0 aliphatic carbocycles. The van der Waals surface area contributed by atoms with Gasteiger partial charge in [-0.05, 0) is 37.1 Å². The van der Waals surface area contributed by atoms with Crippen molar-refractivity contribution in [1.82, 2.24) is 20.1 Å². The summed E-state index contributed by atoms with van der Waals surface area (Å²) in [6.45, 7) is 6.55. The Kier molecular flexibility index (Phi) is 10.8. The molecule has 4 rings (SSSR count). The van der Waals surface area contributed by atoms with Gasteiger partial charge in [0.1, 0.15) is 5.84 Å². The first-order chi connectivity index (χ1) is 19.1. The largest absolute Gasteiger partial charge is 0.491 e. The minimum atomic E-state index is -0.175. The van der Waals surface area contributed by atoms with E-state index in [2.05, 4.69) is 20.5 Å². The number of hydrogen-bond acceptors (Lipinski definition) is 10. The van der Waals surface area contributed by atoms with E-state index in [1.165, 1.54) is 0 Å². The molecule has 1 saturated heterocycles. The van der Waals surface area contributed by atoms with Crippen molar-refractivity contribution in [1.29, 1.82) is 0 Å². The summed E-state index contributed by atoms with van der Waals surface area (Å²) in [5, 5.41) is 6.23. The number of aliphatic imine (C=N–C) groups is 1. The smallest absolute Gasteiger partial charge is 0.254 e. The number of methoxy groups -OCH3 is 2. The maximum Gasteiger partial charge on any atom is 0.254 e. The summed E-state index contributed by atoms with van der Waals surface area (Å²) >= 11 is 0. The van der Waals surface area contributed by atoms with Gasteiger partial charge in [0, 0.05) is 58.3 Å². The average Bonchev–Trinajstić information content (AvgIpc) is 3.45. The highest BCUT2D eigenvalue weighted by molar-refractivity contribution is 6.06. The minimum Gasteiger partial charge on any atom is -0.491 e. The van der Waals surface area contributed by atoms with Crippen molar-refractivity contribution in [3.8, 4) is 11.5 Å². The average molecular weight is 541 g/mol. The number of nitrogens with zero attached hydrogens (tertiary/aromatic N) is 4. The van der Waals surface area contributed by atoms with Crippen LogP contribution in [-0.4, -0.2) is 113 Å². The number of rotatable bonds is 14. The van der Waals surface area contributed by atoms with Gasteiger partial charge in [-0.1, -0.05) is 0 Å². The Hall–Kier alpha value is -3.41. The Balaban J connectivity index is 1.34. The zero-order valence-corrected chi connectivity index (χ0v) is 23.1. The Morgan fingerprint density at radius 2 is 2.10 bits per heavy atom. The maximum atomic E-state index is 12.5. The highest BCUT2D eigenvalue weighted by atomic mass is 16.5. The molecule has 2 N–H and O–H groups in total. The van der Waals surface area contributed by atoms with Crippen molar-refractivity contribution in [2.45, 2.75) is 18.9 Å². The Bertz CT molecular complexity index is 1100. The first kappa shape index (κ1) is 28.6. The number of carbonyl (C=O) groups excluding carboxylic acids is 1. The molecule has 1 fully saturated rings. The first-order valence-corrected chi connectivity index (χ1v) is 13.5. The van der Waals surface area contributed by atoms with Crippen LogP contribution in [0.1, 0.15) is 28.8 Å². The van der Waals surface area contributed by atoms with Crippen LogP contribution in [-0.2, 0) is 9.47 Å². The van der Waals surface area contributed by atoms with Crippen LogP contribution in [0.4, 0.5) is 5.69 Å². The predicted molar refractivity (Wildman–Crippen MR) is 150 cm³/mol. The number of amides is 1. The lowest BCUT2D eigenvalue weighted by Gasteiger charge is -2.32. The third kappa shape index (κ3) is 7.59. The molecule has 0 saturated carbocycles. The SMILES string of the molecule is CNc1c(C2=NCCN2CNC(=O)c2cccnc2)ccc(OCCC[C@@H]2CN(CCOC)CCO2)c1OC. The summed E-state index contributed by atoms with van der Waals surface area (Å²) in [6.07, 6.45) is 5.21. The highest BCUT2D eigenvalue weighted by Gasteiger charge is 2.25. The molecule has 2 aliphatic heterocycles. The number of anilines is 1. The highest BCUT2D eigenvalue weighted by Crippen LogP contribution is 2.39. The van der Waals surface area contributed by atoms with Crippen LogP contribution in [0.3, 0.4) is 0 Å². The number of morpholine rings is 1. The Morgan fingerprint density at radius 3 is 2.87 bits per heavy atom. The summed E-state index contributed by atoms with van der Waals surface area (Å²) in [5.41, 5.74) is 2.21. The van der Waals surface area contributed by atoms with Crippen molar-refractivity contribution in [3.63, 3.8) is 0 Å². The van der Waals surface area contributed by atoms with Gasteiger partial charge in [-0.3, -0.25) is 19.7 Å². The van der Waals surface area contributed by atoms with Gasteiger partial charge in [0.15, 0.2) is 11.5 Å². The van der Waals surface area contributed by atoms with E-state index >= 15 is 0 Å². The summed E-state index contributed by atoms with van der Waals surface area (Å²) in [6, 6.07) is 7.39. The van der Waals surface area contributed by atoms with Crippen molar-refractivity contribution in [2.24, 2.45) is 4.99 Å². The lowest BCUT2D eigenvalue weighted by molar-refractivity contribution is -0.0391. The lowest BCUT2D eigenvalue weighted by atomic mass is 10.1. The van der Waals surface area contributed by atoms with Gasteiger partial charge in [-0.25, -0.2) is 0 Å². The fraction of sp³-hybridized carbons (Fsp3) is 0.536. The molecule has 11 heteroatoms. The molecule has 0 spiro atoms. The molecule has 2 aromatic rings. The number of benzene rings is 1. The Morgan fingerprint density at radius 1 is 1.21 bits per heavy atom. The van der Waals surface area contributed by atoms with Crippen molar-refractivity contribution in [2.75, 3.05) is 85.8 Å². The fourth-order valence-corrected chi connectivity index (χ4v) is 4.84. The standard InChI is InChI=1S/C28H40N6O5/c1-29-25-23(27-31-11-12-34(27)20-32-28(35)21-6-4-10-30-18-21)8-9-24(26(25)37-3)39-15-5-7-22-19-33(13-16-36-2)14-17-38-22/h4,6,8-10,18,22,29H,5,7,11-17,19-20H2,1-3H3,(H,32,35)/t22-/m1/s1. The van der Waals surface area contributed by atoms with Gasteiger partial charge in [0.2, 0.25) is 0 Å². The van der Waals surface area contributed by atoms with Crippen LogP contribution in [0.2, 0.25) is 0 Å². The topological polar surface area (TPSA) is 110 Å². The molecule has 1 aromatic heterocycles. The molecule has 1 aromatic carbocycles. The van der Waals surface area contributed by atoms with E-state index in [4.69, 9.17) is 23.9 Å². The van der Waals surface area contributed by atoms with Gasteiger partial charge >= 0.3 is 0 Å². The second-order valence-corrected chi connectivity index (χ2v) is 9.42. The van der Waals surface area contributed by atoms with Crippen LogP contribution >= 0.6 is 0 Å². The summed E-state index contributed by atoms with van der Waals surface area (Å²) in [4.78, 5) is 25.7. The molecule has 212 valence electrons. The third-order valence-electron chi connectivity index (χ3n) is 6.86. The van der Waals surface area contributed by atoms with Crippen LogP contribution in [0, 0.1) is 0 Å². The maximum absolute atomic E-state index is 12.5. The predicted octanol–water partition coefficient (Wildman–Crippen LogP) is 2.09. The summed E-state index contributed by atoms with van der Waals surface area (Å²) in [7, 11) is 5.22. The molecular weight excluding hydrogens is 500 g/mol. The number of nitrogens with one attached hydrogen (secondary N) is 2. The fourth-order valence-electron chi connectivity index (χ4n) is 4.84. The second kappa shape index (κ2) is 14.7. The molecule has 39 heavy (non-hydrogen) atoms. The van der Waals surface area contributed by atoms with Gasteiger partial charge in [-0.2, -0.15) is 0 Å². The molecule has 1 amide bonds. The monoisotopic (exact) mass is 540 g/mol. The number of aromatic nitrogens is 1. The molecule has 0 unspecified atom stereocenters. The zero-order chi connectivity index (χ0) is 27.5. The number of ether oxygens (including phenoxy) is 4. The van der Waals surface area contributed by atoms with Gasteiger partial charge in [0.25, 0.3) is 5.91 Å². The Labute approximate surface area is 230 Å². The molecule has 1 atom stereocenters. The van der Waals surface area contributed by atoms with E-state index in [0.717, 1.165) is 62.8 Å². The van der Waals surface area contributed by atoms with E-state index in [0.29, 0.717) is 43.4 Å². The van der Waals surface area contributed by atoms with Crippen molar-refractivity contribution >= 4 is 17.4 Å². The number of carbonyl (C=O) groups is 1. The molecule has 2 aliphatic rings. The number of amidine groups is 1. The van der Waals surface area contributed by atoms with Crippen LogP contribution in [0.15, 0.2) is 41.7 Å².